The van der Waals surface area contributed by atoms with E-state index in [0.717, 1.165) is 47.2 Å². The van der Waals surface area contributed by atoms with E-state index in [1.165, 1.54) is 18.3 Å². The molecule has 1 saturated carbocycles. The van der Waals surface area contributed by atoms with Gasteiger partial charge in [-0.15, -0.1) is 0 Å². The molecular weight excluding hydrogens is 586 g/mol. The van der Waals surface area contributed by atoms with Crippen LogP contribution in [0.1, 0.15) is 27.3 Å². The molecule has 0 saturated heterocycles. The van der Waals surface area contributed by atoms with Crippen molar-refractivity contribution >= 4 is 29.1 Å². The lowest BCUT2D eigenvalue weighted by molar-refractivity contribution is 0.0945. The van der Waals surface area contributed by atoms with E-state index in [4.69, 9.17) is 22.1 Å². The number of hydrogen-bond donors (Lipinski definition) is 2. The lowest BCUT2D eigenvalue weighted by Crippen LogP contribution is -2.42. The highest BCUT2D eigenvalue weighted by Gasteiger charge is 2.56. The minimum Gasteiger partial charge on any atom is -0.453 e. The zero-order chi connectivity index (χ0) is 30.3. The molecule has 2 amide bonds. The second-order valence-corrected chi connectivity index (χ2v) is 9.67. The molecule has 1 fully saturated rings. The zero-order valence-corrected chi connectivity index (χ0v) is 21.9. The molecule has 3 N–H and O–H groups in total. The molecule has 10 nitrogen and oxygen atoms in total. The number of aromatic nitrogens is 3. The summed E-state index contributed by atoms with van der Waals surface area (Å²) in [6.45, 7) is -0.483. The Morgan fingerprint density at radius 2 is 1.79 bits per heavy atom. The number of primary amides is 1. The first-order chi connectivity index (χ1) is 19.9. The number of nitrogens with two attached hydrogens (primary N) is 1. The molecular formula is C27H18ClF4N5O5. The fourth-order valence-corrected chi connectivity index (χ4v) is 4.31. The minimum atomic E-state index is -3.00. The van der Waals surface area contributed by atoms with E-state index in [9.17, 15) is 36.7 Å². The molecule has 42 heavy (non-hydrogen) atoms. The quantitative estimate of drug-likeness (QED) is 0.291. The van der Waals surface area contributed by atoms with Crippen LogP contribution >= 0.6 is 11.6 Å². The number of anilines is 1. The molecule has 0 bridgehead atoms. The van der Waals surface area contributed by atoms with Crippen LogP contribution in [0.15, 0.2) is 70.5 Å². The maximum atomic E-state index is 14.9. The van der Waals surface area contributed by atoms with Crippen molar-refractivity contribution in [1.29, 1.82) is 0 Å². The summed E-state index contributed by atoms with van der Waals surface area (Å²) in [6, 6.07) is 8.66. The molecule has 2 aromatic heterocycles. The first kappa shape index (κ1) is 28.5. The number of carbonyl (C=O) groups excluding carboxylic acids is 2. The molecule has 2 heterocycles. The van der Waals surface area contributed by atoms with Gasteiger partial charge in [0.1, 0.15) is 27.8 Å². The van der Waals surface area contributed by atoms with Crippen LogP contribution in [0.25, 0.3) is 5.69 Å². The van der Waals surface area contributed by atoms with E-state index in [-0.39, 0.29) is 33.6 Å². The van der Waals surface area contributed by atoms with E-state index in [1.807, 2.05) is 0 Å². The van der Waals surface area contributed by atoms with E-state index in [0.29, 0.717) is 4.57 Å². The molecule has 1 aliphatic rings. The van der Waals surface area contributed by atoms with Gasteiger partial charge >= 0.3 is 5.69 Å². The van der Waals surface area contributed by atoms with Gasteiger partial charge in [0.2, 0.25) is 0 Å². The van der Waals surface area contributed by atoms with Crippen molar-refractivity contribution in [2.45, 2.75) is 18.9 Å². The Balaban J connectivity index is 1.45. The highest BCUT2D eigenvalue weighted by molar-refractivity contribution is 6.34. The number of amides is 2. The van der Waals surface area contributed by atoms with Crippen LogP contribution < -0.4 is 27.0 Å². The van der Waals surface area contributed by atoms with Gasteiger partial charge in [-0.3, -0.25) is 19.0 Å². The number of ether oxygens (including phenoxy) is 1. The molecule has 0 radical (unpaired) electrons. The molecule has 4 aromatic rings. The average molecular weight is 604 g/mol. The van der Waals surface area contributed by atoms with Crippen molar-refractivity contribution in [2.75, 3.05) is 5.32 Å². The van der Waals surface area contributed by atoms with Crippen molar-refractivity contribution in [3.05, 3.63) is 110 Å². The fourth-order valence-electron chi connectivity index (χ4n) is 4.07. The summed E-state index contributed by atoms with van der Waals surface area (Å²) in [5.41, 5.74) is 1.92. The maximum absolute atomic E-state index is 14.9. The number of halogens is 5. The summed E-state index contributed by atoms with van der Waals surface area (Å²) in [6.07, 6.45) is 1.55. The Hall–Kier alpha value is -4.98. The maximum Gasteiger partial charge on any atom is 0.335 e. The number of nitrogens with zero attached hydrogens (tertiary/aromatic N) is 3. The summed E-state index contributed by atoms with van der Waals surface area (Å²) in [7, 11) is 0. The Morgan fingerprint density at radius 1 is 1.10 bits per heavy atom. The standard InChI is InChI=1S/C27H18ClF4N5O5/c28-21-20(7-8-34-22(21)23(33)38)42-19-6-3-15(9-18(19)30)35-24(39)17-12-36(11-13-10-27(13,31)32)26(41)37(25(17)40)16-4-1-14(29)2-5-16/h1-9,12-13H,10-11H2,(H2,33,38)(H,35,39). The Morgan fingerprint density at radius 3 is 2.40 bits per heavy atom. The number of nitrogens with one attached hydrogen (secondary N) is 1. The zero-order valence-electron chi connectivity index (χ0n) is 21.1. The largest absolute Gasteiger partial charge is 0.453 e. The number of rotatable bonds is 8. The van der Waals surface area contributed by atoms with Crippen molar-refractivity contribution in [3.8, 4) is 17.2 Å². The average Bonchev–Trinajstić information content (AvgIpc) is 3.54. The molecule has 0 spiro atoms. The third-order valence-corrected chi connectivity index (χ3v) is 6.72. The molecule has 0 aliphatic heterocycles. The minimum absolute atomic E-state index is 0.0980. The summed E-state index contributed by atoms with van der Waals surface area (Å²) < 4.78 is 62.3. The van der Waals surface area contributed by atoms with E-state index in [2.05, 4.69) is 10.3 Å². The first-order valence-electron chi connectivity index (χ1n) is 12.1. The van der Waals surface area contributed by atoms with Crippen molar-refractivity contribution in [3.63, 3.8) is 0 Å². The first-order valence-corrected chi connectivity index (χ1v) is 12.5. The van der Waals surface area contributed by atoms with Crippen LogP contribution in [-0.2, 0) is 6.54 Å². The van der Waals surface area contributed by atoms with Gasteiger partial charge in [0.15, 0.2) is 11.6 Å². The molecule has 216 valence electrons. The van der Waals surface area contributed by atoms with Crippen LogP contribution in [0.3, 0.4) is 0 Å². The second kappa shape index (κ2) is 10.8. The molecule has 5 rings (SSSR count). The van der Waals surface area contributed by atoms with Gasteiger partial charge < -0.3 is 15.8 Å². The van der Waals surface area contributed by atoms with E-state index >= 15 is 0 Å². The third kappa shape index (κ3) is 5.61. The Labute approximate surface area is 237 Å². The van der Waals surface area contributed by atoms with Crippen molar-refractivity contribution < 1.29 is 31.9 Å². The molecule has 15 heteroatoms. The lowest BCUT2D eigenvalue weighted by Gasteiger charge is -2.14. The van der Waals surface area contributed by atoms with E-state index < -0.39 is 65.1 Å². The molecule has 1 atom stereocenters. The number of carbonyl (C=O) groups is 2. The van der Waals surface area contributed by atoms with E-state index in [1.54, 1.807) is 0 Å². The molecule has 1 aliphatic carbocycles. The monoisotopic (exact) mass is 603 g/mol. The SMILES string of the molecule is NC(=O)c1nccc(Oc2ccc(NC(=O)c3cn(CC4CC4(F)F)c(=O)n(-c4ccc(F)cc4)c3=O)cc2F)c1Cl. The number of benzene rings is 2. The van der Waals surface area contributed by atoms with Crippen LogP contribution in [-0.4, -0.2) is 31.9 Å². The molecule has 2 aromatic carbocycles. The summed E-state index contributed by atoms with van der Waals surface area (Å²) in [4.78, 5) is 54.6. The summed E-state index contributed by atoms with van der Waals surface area (Å²) in [5.74, 6) is -8.31. The number of pyridine rings is 1. The third-order valence-electron chi connectivity index (χ3n) is 6.35. The summed E-state index contributed by atoms with van der Waals surface area (Å²) in [5, 5.41) is 2.07. The van der Waals surface area contributed by atoms with Gasteiger partial charge in [-0.1, -0.05) is 11.6 Å². The fraction of sp³-hybridized carbons (Fsp3) is 0.148. The highest BCUT2D eigenvalue weighted by atomic mass is 35.5. The normalized spacial score (nSPS) is 15.2. The smallest absolute Gasteiger partial charge is 0.335 e. The second-order valence-electron chi connectivity index (χ2n) is 9.29. The van der Waals surface area contributed by atoms with Gasteiger partial charge in [-0.05, 0) is 36.4 Å². The van der Waals surface area contributed by atoms with Crippen molar-refractivity contribution in [1.82, 2.24) is 14.1 Å². The predicted molar refractivity (Wildman–Crippen MR) is 142 cm³/mol. The van der Waals surface area contributed by atoms with Gasteiger partial charge in [-0.25, -0.2) is 31.9 Å². The topological polar surface area (TPSA) is 138 Å². The Kier molecular flexibility index (Phi) is 7.33. The van der Waals surface area contributed by atoms with Crippen LogP contribution in [0, 0.1) is 17.6 Å². The van der Waals surface area contributed by atoms with Crippen LogP contribution in [0.2, 0.25) is 5.02 Å². The summed E-state index contributed by atoms with van der Waals surface area (Å²) >= 11 is 6.04. The molecule has 1 unspecified atom stereocenters. The number of alkyl halides is 2. The Bertz CT molecular complexity index is 1860. The van der Waals surface area contributed by atoms with Crippen LogP contribution in [0.5, 0.6) is 11.5 Å². The van der Waals surface area contributed by atoms with Gasteiger partial charge in [0.25, 0.3) is 23.3 Å². The van der Waals surface area contributed by atoms with Gasteiger partial charge in [0.05, 0.1) is 5.69 Å². The van der Waals surface area contributed by atoms with Crippen LogP contribution in [0.4, 0.5) is 23.2 Å². The highest BCUT2D eigenvalue weighted by Crippen LogP contribution is 2.49. The number of hydrogen-bond acceptors (Lipinski definition) is 6. The van der Waals surface area contributed by atoms with Gasteiger partial charge in [-0.2, -0.15) is 0 Å². The van der Waals surface area contributed by atoms with Crippen molar-refractivity contribution in [2.24, 2.45) is 11.7 Å². The van der Waals surface area contributed by atoms with Gasteiger partial charge in [0, 0.05) is 49.1 Å². The lowest BCUT2D eigenvalue weighted by atomic mass is 10.2. The predicted octanol–water partition coefficient (Wildman–Crippen LogP) is 4.12.